The number of halogens is 1. The maximum Gasteiger partial charge on any atom is 0.191 e. The van der Waals surface area contributed by atoms with Gasteiger partial charge < -0.3 is 4.43 Å². The van der Waals surface area contributed by atoms with Gasteiger partial charge in [-0.15, -0.1) is 0 Å². The van der Waals surface area contributed by atoms with Crippen molar-refractivity contribution in [2.75, 3.05) is 6.61 Å². The van der Waals surface area contributed by atoms with E-state index in [9.17, 15) is 4.79 Å². The number of hydrogen-bond donors (Lipinski definition) is 0. The number of rotatable bonds is 12. The highest BCUT2D eigenvalue weighted by Crippen LogP contribution is 2.39. The number of allylic oxidation sites excluding steroid dienone is 4. The fourth-order valence-corrected chi connectivity index (χ4v) is 4.55. The molecule has 0 bridgehead atoms. The van der Waals surface area contributed by atoms with Crippen molar-refractivity contribution in [2.45, 2.75) is 98.7 Å². The molecule has 0 N–H and O–H groups in total. The molecule has 0 fully saturated rings. The SMILES string of the molecule is C/C(=C/C=O)CC/C=C(\C)CCC(C)(C#CI)C(C)CCO[Si](C)(C)C(C)(C)C. The van der Waals surface area contributed by atoms with Crippen LogP contribution in [0, 0.1) is 21.2 Å². The summed E-state index contributed by atoms with van der Waals surface area (Å²) >= 11 is 2.17. The Hall–Kier alpha value is -0.383. The monoisotopic (exact) mass is 530 g/mol. The predicted octanol–water partition coefficient (Wildman–Crippen LogP) is 8.09. The molecule has 0 rings (SSSR count). The lowest BCUT2D eigenvalue weighted by Gasteiger charge is -2.37. The quantitative estimate of drug-likeness (QED) is 0.0637. The topological polar surface area (TPSA) is 26.3 Å². The fraction of sp³-hybridized carbons (Fsp3) is 0.720. The zero-order chi connectivity index (χ0) is 22.7. The van der Waals surface area contributed by atoms with Gasteiger partial charge in [-0.2, -0.15) is 0 Å². The van der Waals surface area contributed by atoms with Crippen molar-refractivity contribution in [3.63, 3.8) is 0 Å². The number of carbonyl (C=O) groups excluding carboxylic acids is 1. The molecule has 0 heterocycles. The lowest BCUT2D eigenvalue weighted by atomic mass is 9.73. The molecule has 0 saturated heterocycles. The standard InChI is InChI=1S/C25H43IO2Si/c1-21(11-10-12-22(2)14-19-27)13-16-25(7,17-18-26)23(3)15-20-28-29(8,9)24(4,5)6/h11,14,19,23H,10,12-13,15-16,20H2,1-9H3/b21-11+,22-14-. The Morgan fingerprint density at radius 3 is 2.28 bits per heavy atom. The van der Waals surface area contributed by atoms with Gasteiger partial charge in [0.25, 0.3) is 0 Å². The first-order chi connectivity index (χ1) is 13.3. The second-order valence-electron chi connectivity index (χ2n) is 10.2. The van der Waals surface area contributed by atoms with Crippen molar-refractivity contribution < 1.29 is 9.22 Å². The Morgan fingerprint density at radius 1 is 1.14 bits per heavy atom. The molecule has 2 unspecified atom stereocenters. The van der Waals surface area contributed by atoms with Crippen LogP contribution < -0.4 is 0 Å². The molecule has 0 radical (unpaired) electrons. The van der Waals surface area contributed by atoms with Gasteiger partial charge in [0.1, 0.15) is 6.29 Å². The molecule has 0 amide bonds. The van der Waals surface area contributed by atoms with E-state index in [0.29, 0.717) is 5.92 Å². The molecular weight excluding hydrogens is 487 g/mol. The highest BCUT2D eigenvalue weighted by molar-refractivity contribution is 14.1. The van der Waals surface area contributed by atoms with Crippen LogP contribution in [0.4, 0.5) is 0 Å². The van der Waals surface area contributed by atoms with Gasteiger partial charge in [0.05, 0.1) is 0 Å². The third-order valence-corrected chi connectivity index (χ3v) is 11.5. The first-order valence-corrected chi connectivity index (χ1v) is 14.8. The Kier molecular flexibility index (Phi) is 12.9. The number of carbonyl (C=O) groups is 1. The van der Waals surface area contributed by atoms with E-state index < -0.39 is 8.32 Å². The lowest BCUT2D eigenvalue weighted by Crippen LogP contribution is -2.41. The molecule has 0 aliphatic carbocycles. The molecule has 0 aliphatic heterocycles. The maximum absolute atomic E-state index is 10.5. The minimum atomic E-state index is -1.69. The first kappa shape index (κ1) is 28.6. The third-order valence-electron chi connectivity index (χ3n) is 6.66. The maximum atomic E-state index is 10.5. The molecular formula is C25H43IO2Si. The van der Waals surface area contributed by atoms with Crippen LogP contribution in [0.1, 0.15) is 80.6 Å². The predicted molar refractivity (Wildman–Crippen MR) is 139 cm³/mol. The summed E-state index contributed by atoms with van der Waals surface area (Å²) in [5, 5.41) is 0.253. The van der Waals surface area contributed by atoms with Crippen LogP contribution >= 0.6 is 22.6 Å². The number of hydrogen-bond acceptors (Lipinski definition) is 2. The highest BCUT2D eigenvalue weighted by atomic mass is 127. The van der Waals surface area contributed by atoms with Crippen molar-refractivity contribution in [2.24, 2.45) is 11.3 Å². The van der Waals surface area contributed by atoms with E-state index in [1.165, 1.54) is 5.57 Å². The third kappa shape index (κ3) is 11.0. The van der Waals surface area contributed by atoms with Gasteiger partial charge in [-0.25, -0.2) is 0 Å². The summed E-state index contributed by atoms with van der Waals surface area (Å²) in [7, 11) is -1.69. The van der Waals surface area contributed by atoms with Crippen molar-refractivity contribution in [1.29, 1.82) is 0 Å². The summed E-state index contributed by atoms with van der Waals surface area (Å²) in [6.45, 7) is 21.2. The molecule has 29 heavy (non-hydrogen) atoms. The highest BCUT2D eigenvalue weighted by Gasteiger charge is 2.37. The lowest BCUT2D eigenvalue weighted by molar-refractivity contribution is -0.104. The Labute approximate surface area is 195 Å². The van der Waals surface area contributed by atoms with Gasteiger partial charge in [0, 0.05) is 34.6 Å². The average Bonchev–Trinajstić information content (AvgIpc) is 2.59. The van der Waals surface area contributed by atoms with Crippen LogP contribution in [-0.4, -0.2) is 21.2 Å². The molecule has 0 saturated carbocycles. The molecule has 0 aromatic heterocycles. The minimum absolute atomic E-state index is 0.000415. The molecule has 166 valence electrons. The van der Waals surface area contributed by atoms with E-state index in [4.69, 9.17) is 4.43 Å². The summed E-state index contributed by atoms with van der Waals surface area (Å²) in [5.74, 6) is 3.99. The molecule has 0 aliphatic rings. The van der Waals surface area contributed by atoms with E-state index in [2.05, 4.69) is 93.2 Å². The normalized spacial score (nSPS) is 16.6. The second kappa shape index (κ2) is 13.1. The van der Waals surface area contributed by atoms with Crippen LogP contribution in [0.5, 0.6) is 0 Å². The smallest absolute Gasteiger partial charge is 0.191 e. The Bertz CT molecular complexity index is 631. The van der Waals surface area contributed by atoms with Gasteiger partial charge in [-0.05, 0) is 86.9 Å². The van der Waals surface area contributed by atoms with Gasteiger partial charge >= 0.3 is 0 Å². The van der Waals surface area contributed by atoms with E-state index in [-0.39, 0.29) is 10.5 Å². The summed E-state index contributed by atoms with van der Waals surface area (Å²) in [6.07, 6.45) is 9.95. The number of aldehydes is 1. The zero-order valence-electron chi connectivity index (χ0n) is 20.2. The van der Waals surface area contributed by atoms with Crippen LogP contribution in [0.25, 0.3) is 0 Å². The van der Waals surface area contributed by atoms with Crippen molar-refractivity contribution in [3.8, 4) is 9.85 Å². The second-order valence-corrected chi connectivity index (χ2v) is 15.5. The summed E-state index contributed by atoms with van der Waals surface area (Å²) in [6, 6.07) is 0. The van der Waals surface area contributed by atoms with Crippen LogP contribution in [0.2, 0.25) is 18.1 Å². The molecule has 2 atom stereocenters. The Balaban J connectivity index is 4.80. The summed E-state index contributed by atoms with van der Waals surface area (Å²) < 4.78 is 9.55. The average molecular weight is 531 g/mol. The van der Waals surface area contributed by atoms with E-state index >= 15 is 0 Å². The van der Waals surface area contributed by atoms with E-state index in [1.807, 2.05) is 6.92 Å². The van der Waals surface area contributed by atoms with Gasteiger partial charge in [0.2, 0.25) is 0 Å². The van der Waals surface area contributed by atoms with Crippen molar-refractivity contribution in [1.82, 2.24) is 0 Å². The zero-order valence-corrected chi connectivity index (χ0v) is 23.4. The van der Waals surface area contributed by atoms with Crippen LogP contribution in [0.15, 0.2) is 23.3 Å². The molecule has 0 spiro atoms. The van der Waals surface area contributed by atoms with Gasteiger partial charge in [-0.3, -0.25) is 4.79 Å². The van der Waals surface area contributed by atoms with Crippen molar-refractivity contribution >= 4 is 37.2 Å². The van der Waals surface area contributed by atoms with Crippen molar-refractivity contribution in [3.05, 3.63) is 23.3 Å². The molecule has 2 nitrogen and oxygen atoms in total. The molecule has 4 heteroatoms. The minimum Gasteiger partial charge on any atom is -0.417 e. The van der Waals surface area contributed by atoms with Gasteiger partial charge in [0.15, 0.2) is 8.32 Å². The van der Waals surface area contributed by atoms with E-state index in [0.717, 1.165) is 50.6 Å². The van der Waals surface area contributed by atoms with Crippen LogP contribution in [0.3, 0.4) is 0 Å². The Morgan fingerprint density at radius 2 is 1.76 bits per heavy atom. The fourth-order valence-electron chi connectivity index (χ4n) is 2.87. The molecule has 0 aromatic rings. The largest absolute Gasteiger partial charge is 0.417 e. The van der Waals surface area contributed by atoms with E-state index in [1.54, 1.807) is 6.08 Å². The van der Waals surface area contributed by atoms with Gasteiger partial charge in [-0.1, -0.05) is 50.8 Å². The first-order valence-electron chi connectivity index (χ1n) is 10.8. The summed E-state index contributed by atoms with van der Waals surface area (Å²) in [4.78, 5) is 10.5. The molecule has 0 aromatic carbocycles. The summed E-state index contributed by atoms with van der Waals surface area (Å²) in [5.41, 5.74) is 2.55. The van der Waals surface area contributed by atoms with Crippen LogP contribution in [-0.2, 0) is 9.22 Å².